The lowest BCUT2D eigenvalue weighted by atomic mass is 9.83. The molecule has 1 aliphatic carbocycles. The summed E-state index contributed by atoms with van der Waals surface area (Å²) in [6.07, 6.45) is 3.01. The minimum atomic E-state index is -0.0809. The second-order valence-corrected chi connectivity index (χ2v) is 8.92. The Morgan fingerprint density at radius 1 is 1.21 bits per heavy atom. The molecule has 5 nitrogen and oxygen atoms in total. The molecule has 0 spiro atoms. The molecule has 1 aromatic carbocycles. The number of aromatic nitrogens is 1. The van der Waals surface area contributed by atoms with Crippen molar-refractivity contribution in [2.75, 3.05) is 26.2 Å². The van der Waals surface area contributed by atoms with Crippen molar-refractivity contribution < 1.29 is 4.79 Å². The van der Waals surface area contributed by atoms with Crippen LogP contribution in [0.15, 0.2) is 24.3 Å². The van der Waals surface area contributed by atoms with Gasteiger partial charge in [0.1, 0.15) is 6.04 Å². The molecule has 2 unspecified atom stereocenters. The standard InChI is InChI=1S/C24H30N4O/c1-16(2)22(15-25)27-10-12-28(13-11-27)24(29)23-18-6-4-5-7-20(18)26-21-9-8-17(3)14-19(21)23/h4-7,16-17,22H,8-14H2,1-3H3. The number of benzene rings is 1. The van der Waals surface area contributed by atoms with E-state index in [9.17, 15) is 10.1 Å². The first-order valence-electron chi connectivity index (χ1n) is 10.8. The van der Waals surface area contributed by atoms with E-state index < -0.39 is 0 Å². The Hall–Kier alpha value is -2.45. The molecule has 2 aliphatic rings. The maximum absolute atomic E-state index is 13.7. The molecule has 1 amide bonds. The van der Waals surface area contributed by atoms with Crippen molar-refractivity contribution in [2.45, 2.75) is 46.1 Å². The molecule has 0 N–H and O–H groups in total. The van der Waals surface area contributed by atoms with Gasteiger partial charge in [-0.1, -0.05) is 39.0 Å². The van der Waals surface area contributed by atoms with E-state index in [1.807, 2.05) is 29.2 Å². The predicted molar refractivity (Wildman–Crippen MR) is 115 cm³/mol. The number of amides is 1. The van der Waals surface area contributed by atoms with Gasteiger partial charge >= 0.3 is 0 Å². The number of piperazine rings is 1. The molecule has 29 heavy (non-hydrogen) atoms. The van der Waals surface area contributed by atoms with Gasteiger partial charge in [-0.15, -0.1) is 0 Å². The first kappa shape index (κ1) is 19.8. The summed E-state index contributed by atoms with van der Waals surface area (Å²) in [5.74, 6) is 1.00. The average molecular weight is 391 g/mol. The van der Waals surface area contributed by atoms with Crippen molar-refractivity contribution in [2.24, 2.45) is 11.8 Å². The van der Waals surface area contributed by atoms with Gasteiger partial charge in [0.25, 0.3) is 5.91 Å². The van der Waals surface area contributed by atoms with Crippen LogP contribution >= 0.6 is 0 Å². The SMILES string of the molecule is CC1CCc2nc3ccccc3c(C(=O)N3CCN(C(C#N)C(C)C)CC3)c2C1. The van der Waals surface area contributed by atoms with Gasteiger partial charge in [-0.25, -0.2) is 0 Å². The molecule has 2 atom stereocenters. The Labute approximate surface area is 173 Å². The van der Waals surface area contributed by atoms with Crippen molar-refractivity contribution in [3.63, 3.8) is 0 Å². The number of nitriles is 1. The van der Waals surface area contributed by atoms with E-state index in [1.54, 1.807) is 0 Å². The van der Waals surface area contributed by atoms with Crippen molar-refractivity contribution in [1.82, 2.24) is 14.8 Å². The van der Waals surface area contributed by atoms with Crippen molar-refractivity contribution >= 4 is 16.8 Å². The van der Waals surface area contributed by atoms with Gasteiger partial charge in [-0.05, 0) is 42.7 Å². The Morgan fingerprint density at radius 2 is 1.93 bits per heavy atom. The number of pyridine rings is 1. The van der Waals surface area contributed by atoms with Crippen molar-refractivity contribution in [3.05, 3.63) is 41.1 Å². The Morgan fingerprint density at radius 3 is 2.62 bits per heavy atom. The number of carbonyl (C=O) groups is 1. The highest BCUT2D eigenvalue weighted by Gasteiger charge is 2.31. The molecule has 1 aromatic heterocycles. The maximum Gasteiger partial charge on any atom is 0.254 e. The largest absolute Gasteiger partial charge is 0.336 e. The van der Waals surface area contributed by atoms with Gasteiger partial charge in [-0.3, -0.25) is 14.7 Å². The Balaban J connectivity index is 1.64. The van der Waals surface area contributed by atoms with Crippen LogP contribution in [0.5, 0.6) is 0 Å². The van der Waals surface area contributed by atoms with Crippen LogP contribution in [0, 0.1) is 23.2 Å². The lowest BCUT2D eigenvalue weighted by molar-refractivity contribution is 0.0577. The molecule has 2 aromatic rings. The Kier molecular flexibility index (Phi) is 5.56. The van der Waals surface area contributed by atoms with Crippen LogP contribution in [0.3, 0.4) is 0 Å². The van der Waals surface area contributed by atoms with E-state index in [4.69, 9.17) is 4.98 Å². The summed E-state index contributed by atoms with van der Waals surface area (Å²) in [6, 6.07) is 10.4. The van der Waals surface area contributed by atoms with Crippen molar-refractivity contribution in [1.29, 1.82) is 5.26 Å². The monoisotopic (exact) mass is 390 g/mol. The molecule has 1 aliphatic heterocycles. The summed E-state index contributed by atoms with van der Waals surface area (Å²) >= 11 is 0. The minimum absolute atomic E-state index is 0.0809. The van der Waals surface area contributed by atoms with Crippen LogP contribution in [0.1, 0.15) is 48.8 Å². The fourth-order valence-electron chi connectivity index (χ4n) is 4.82. The second kappa shape index (κ2) is 8.12. The lowest BCUT2D eigenvalue weighted by Crippen LogP contribution is -2.53. The number of para-hydroxylation sites is 1. The van der Waals surface area contributed by atoms with Crippen LogP contribution in [0.2, 0.25) is 0 Å². The van der Waals surface area contributed by atoms with Gasteiger partial charge in [-0.2, -0.15) is 5.26 Å². The normalized spacial score (nSPS) is 21.1. The van der Waals surface area contributed by atoms with Crippen LogP contribution < -0.4 is 0 Å². The third-order valence-electron chi connectivity index (χ3n) is 6.48. The molecule has 5 heteroatoms. The van der Waals surface area contributed by atoms with Gasteiger partial charge in [0, 0.05) is 37.3 Å². The number of carbonyl (C=O) groups excluding carboxylic acids is 1. The van der Waals surface area contributed by atoms with Crippen LogP contribution in [-0.4, -0.2) is 52.9 Å². The number of rotatable bonds is 3. The number of hydrogen-bond acceptors (Lipinski definition) is 4. The summed E-state index contributed by atoms with van der Waals surface area (Å²) in [7, 11) is 0. The lowest BCUT2D eigenvalue weighted by Gasteiger charge is -2.38. The van der Waals surface area contributed by atoms with Crippen LogP contribution in [0.4, 0.5) is 0 Å². The van der Waals surface area contributed by atoms with Gasteiger partial charge in [0.15, 0.2) is 0 Å². The molecule has 1 saturated heterocycles. The topological polar surface area (TPSA) is 60.2 Å². The first-order chi connectivity index (χ1) is 14.0. The molecular formula is C24H30N4O. The number of hydrogen-bond donors (Lipinski definition) is 0. The highest BCUT2D eigenvalue weighted by Crippen LogP contribution is 2.32. The zero-order valence-electron chi connectivity index (χ0n) is 17.7. The van der Waals surface area contributed by atoms with E-state index >= 15 is 0 Å². The molecular weight excluding hydrogens is 360 g/mol. The summed E-state index contributed by atoms with van der Waals surface area (Å²) in [6.45, 7) is 9.28. The molecule has 0 bridgehead atoms. The second-order valence-electron chi connectivity index (χ2n) is 8.92. The zero-order chi connectivity index (χ0) is 20.5. The summed E-state index contributed by atoms with van der Waals surface area (Å²) in [5.41, 5.74) is 4.05. The van der Waals surface area contributed by atoms with Gasteiger partial charge in [0.2, 0.25) is 0 Å². The van der Waals surface area contributed by atoms with E-state index in [0.717, 1.165) is 60.1 Å². The smallest absolute Gasteiger partial charge is 0.254 e. The molecule has 2 heterocycles. The molecule has 0 saturated carbocycles. The Bertz CT molecular complexity index is 953. The summed E-state index contributed by atoms with van der Waals surface area (Å²) < 4.78 is 0. The van der Waals surface area contributed by atoms with E-state index in [-0.39, 0.29) is 11.9 Å². The van der Waals surface area contributed by atoms with Crippen LogP contribution in [0.25, 0.3) is 10.9 Å². The quantitative estimate of drug-likeness (QED) is 0.802. The third-order valence-corrected chi connectivity index (χ3v) is 6.48. The fraction of sp³-hybridized carbons (Fsp3) is 0.542. The van der Waals surface area contributed by atoms with Crippen LogP contribution in [-0.2, 0) is 12.8 Å². The molecule has 0 radical (unpaired) electrons. The van der Waals surface area contributed by atoms with E-state index in [0.29, 0.717) is 24.9 Å². The average Bonchev–Trinajstić information content (AvgIpc) is 2.72. The minimum Gasteiger partial charge on any atom is -0.336 e. The fourth-order valence-corrected chi connectivity index (χ4v) is 4.82. The molecule has 4 rings (SSSR count). The maximum atomic E-state index is 13.7. The molecule has 1 fully saturated rings. The zero-order valence-corrected chi connectivity index (χ0v) is 17.7. The predicted octanol–water partition coefficient (Wildman–Crippen LogP) is 3.67. The highest BCUT2D eigenvalue weighted by molar-refractivity contribution is 6.07. The van der Waals surface area contributed by atoms with Crippen molar-refractivity contribution in [3.8, 4) is 6.07 Å². The number of aryl methyl sites for hydroxylation is 1. The number of fused-ring (bicyclic) bond motifs is 2. The van der Waals surface area contributed by atoms with Gasteiger partial charge < -0.3 is 4.90 Å². The van der Waals surface area contributed by atoms with E-state index in [1.165, 1.54) is 0 Å². The first-order valence-corrected chi connectivity index (χ1v) is 10.8. The highest BCUT2D eigenvalue weighted by atomic mass is 16.2. The number of nitrogens with zero attached hydrogens (tertiary/aromatic N) is 4. The summed E-state index contributed by atoms with van der Waals surface area (Å²) in [5, 5.41) is 10.5. The summed E-state index contributed by atoms with van der Waals surface area (Å²) in [4.78, 5) is 22.8. The molecule has 152 valence electrons. The third kappa shape index (κ3) is 3.74. The van der Waals surface area contributed by atoms with Gasteiger partial charge in [0.05, 0.1) is 17.1 Å². The van der Waals surface area contributed by atoms with E-state index in [2.05, 4.69) is 31.7 Å².